The second kappa shape index (κ2) is 10.9. The Bertz CT molecular complexity index is 533. The van der Waals surface area contributed by atoms with Crippen LogP contribution in [0, 0.1) is 0 Å². The zero-order chi connectivity index (χ0) is 16.1. The smallest absolute Gasteiger partial charge is 0.226 e. The van der Waals surface area contributed by atoms with Crippen molar-refractivity contribution < 1.29 is 9.53 Å². The Balaban J connectivity index is 0.00000156. The molecular weight excluding hydrogens is 361 g/mol. The van der Waals surface area contributed by atoms with Crippen LogP contribution >= 0.6 is 24.8 Å². The number of carbonyl (C=O) groups excluding carboxylic acids is 1. The van der Waals surface area contributed by atoms with Gasteiger partial charge in [-0.25, -0.2) is 0 Å². The van der Waals surface area contributed by atoms with Crippen LogP contribution in [0.15, 0.2) is 24.3 Å². The summed E-state index contributed by atoms with van der Waals surface area (Å²) < 4.78 is 5.41. The molecule has 7 heteroatoms. The number of morpholine rings is 1. The highest BCUT2D eigenvalue weighted by molar-refractivity contribution is 5.94. The fourth-order valence-corrected chi connectivity index (χ4v) is 3.55. The SMILES string of the molecule is CN(c1ccccc1NC(=O)CC1COCCN1)C1CCCC1.Cl.Cl. The third-order valence-electron chi connectivity index (χ3n) is 4.86. The summed E-state index contributed by atoms with van der Waals surface area (Å²) in [6, 6.07) is 8.79. The van der Waals surface area contributed by atoms with Crippen molar-refractivity contribution in [2.24, 2.45) is 0 Å². The number of halogens is 2. The van der Waals surface area contributed by atoms with Crippen LogP contribution in [0.1, 0.15) is 32.1 Å². The molecule has 5 nitrogen and oxygen atoms in total. The van der Waals surface area contributed by atoms with Gasteiger partial charge < -0.3 is 20.3 Å². The third kappa shape index (κ3) is 6.03. The summed E-state index contributed by atoms with van der Waals surface area (Å²) in [5.74, 6) is 0.0419. The number of carbonyl (C=O) groups is 1. The second-order valence-electron chi connectivity index (χ2n) is 6.54. The van der Waals surface area contributed by atoms with Gasteiger partial charge in [-0.1, -0.05) is 25.0 Å². The molecule has 0 radical (unpaired) electrons. The molecule has 2 N–H and O–H groups in total. The fourth-order valence-electron chi connectivity index (χ4n) is 3.55. The Morgan fingerprint density at radius 1 is 1.28 bits per heavy atom. The van der Waals surface area contributed by atoms with Crippen molar-refractivity contribution in [3.8, 4) is 0 Å². The quantitative estimate of drug-likeness (QED) is 0.811. The molecule has 1 aromatic rings. The first-order valence-corrected chi connectivity index (χ1v) is 8.67. The van der Waals surface area contributed by atoms with E-state index in [-0.39, 0.29) is 36.8 Å². The molecule has 1 unspecified atom stereocenters. The summed E-state index contributed by atoms with van der Waals surface area (Å²) >= 11 is 0. The van der Waals surface area contributed by atoms with Gasteiger partial charge in [0.05, 0.1) is 24.6 Å². The van der Waals surface area contributed by atoms with Gasteiger partial charge >= 0.3 is 0 Å². The van der Waals surface area contributed by atoms with Gasteiger partial charge in [0.25, 0.3) is 0 Å². The third-order valence-corrected chi connectivity index (χ3v) is 4.86. The number of ether oxygens (including phenoxy) is 1. The van der Waals surface area contributed by atoms with Crippen LogP contribution in [0.3, 0.4) is 0 Å². The number of amides is 1. The van der Waals surface area contributed by atoms with E-state index in [1.807, 2.05) is 18.2 Å². The van der Waals surface area contributed by atoms with Gasteiger partial charge in [0.15, 0.2) is 0 Å². The maximum atomic E-state index is 12.4. The van der Waals surface area contributed by atoms with Gasteiger partial charge in [-0.3, -0.25) is 4.79 Å². The maximum absolute atomic E-state index is 12.4. The van der Waals surface area contributed by atoms with Crippen LogP contribution in [0.25, 0.3) is 0 Å². The Hall–Kier alpha value is -1.01. The second-order valence-corrected chi connectivity index (χ2v) is 6.54. The van der Waals surface area contributed by atoms with Crippen LogP contribution in [0.4, 0.5) is 11.4 Å². The molecule has 1 atom stereocenters. The van der Waals surface area contributed by atoms with Gasteiger partial charge in [-0.05, 0) is 25.0 Å². The molecule has 3 rings (SSSR count). The minimum atomic E-state index is 0. The molecule has 1 aliphatic heterocycles. The van der Waals surface area contributed by atoms with Crippen LogP contribution < -0.4 is 15.5 Å². The molecular formula is C18H29Cl2N3O2. The van der Waals surface area contributed by atoms with Crippen LogP contribution in [-0.4, -0.2) is 44.8 Å². The Kier molecular flexibility index (Phi) is 9.57. The lowest BCUT2D eigenvalue weighted by Gasteiger charge is -2.29. The van der Waals surface area contributed by atoms with E-state index in [1.165, 1.54) is 25.7 Å². The number of para-hydroxylation sites is 2. The highest BCUT2D eigenvalue weighted by Gasteiger charge is 2.22. The molecule has 1 aromatic carbocycles. The van der Waals surface area contributed by atoms with E-state index in [9.17, 15) is 4.79 Å². The zero-order valence-electron chi connectivity index (χ0n) is 14.7. The summed E-state index contributed by atoms with van der Waals surface area (Å²) in [5.41, 5.74) is 2.02. The molecule has 25 heavy (non-hydrogen) atoms. The van der Waals surface area contributed by atoms with E-state index in [1.54, 1.807) is 0 Å². The first-order valence-electron chi connectivity index (χ1n) is 8.67. The summed E-state index contributed by atoms with van der Waals surface area (Å²) in [6.07, 6.45) is 5.53. The number of nitrogens with zero attached hydrogens (tertiary/aromatic N) is 1. The Labute approximate surface area is 162 Å². The van der Waals surface area contributed by atoms with E-state index in [0.29, 0.717) is 19.1 Å². The number of hydrogen-bond acceptors (Lipinski definition) is 4. The molecule has 1 aliphatic carbocycles. The van der Waals surface area contributed by atoms with Gasteiger partial charge in [0.1, 0.15) is 0 Å². The van der Waals surface area contributed by atoms with Crippen molar-refractivity contribution >= 4 is 42.1 Å². The normalized spacial score (nSPS) is 20.3. The number of anilines is 2. The van der Waals surface area contributed by atoms with Crippen molar-refractivity contribution in [1.29, 1.82) is 0 Å². The minimum absolute atomic E-state index is 0. The Morgan fingerprint density at radius 2 is 2.00 bits per heavy atom. The summed E-state index contributed by atoms with van der Waals surface area (Å²) in [7, 11) is 2.14. The molecule has 142 valence electrons. The Morgan fingerprint density at radius 3 is 2.68 bits per heavy atom. The minimum Gasteiger partial charge on any atom is -0.378 e. The number of hydrogen-bond donors (Lipinski definition) is 2. The topological polar surface area (TPSA) is 53.6 Å². The highest BCUT2D eigenvalue weighted by Crippen LogP contribution is 2.31. The average molecular weight is 390 g/mol. The lowest BCUT2D eigenvalue weighted by Crippen LogP contribution is -2.43. The van der Waals surface area contributed by atoms with Crippen LogP contribution in [0.2, 0.25) is 0 Å². The zero-order valence-corrected chi connectivity index (χ0v) is 16.3. The van der Waals surface area contributed by atoms with Crippen molar-refractivity contribution in [2.75, 3.05) is 37.0 Å². The summed E-state index contributed by atoms with van der Waals surface area (Å²) in [5, 5.41) is 6.41. The lowest BCUT2D eigenvalue weighted by molar-refractivity contribution is -0.117. The van der Waals surface area contributed by atoms with E-state index in [0.717, 1.165) is 24.5 Å². The van der Waals surface area contributed by atoms with Gasteiger partial charge in [0.2, 0.25) is 5.91 Å². The molecule has 1 heterocycles. The molecule has 0 bridgehead atoms. The predicted molar refractivity (Wildman–Crippen MR) is 107 cm³/mol. The van der Waals surface area contributed by atoms with Crippen LogP contribution in [0.5, 0.6) is 0 Å². The molecule has 2 fully saturated rings. The van der Waals surface area contributed by atoms with E-state index >= 15 is 0 Å². The van der Waals surface area contributed by atoms with Crippen molar-refractivity contribution in [1.82, 2.24) is 5.32 Å². The molecule has 1 amide bonds. The molecule has 1 saturated carbocycles. The number of nitrogens with one attached hydrogen (secondary N) is 2. The predicted octanol–water partition coefficient (Wildman–Crippen LogP) is 3.23. The standard InChI is InChI=1S/C18H27N3O2.2ClH/c1-21(15-6-2-3-7-15)17-9-5-4-8-16(17)20-18(22)12-14-13-23-11-10-19-14;;/h4-5,8-9,14-15,19H,2-3,6-7,10-13H2,1H3,(H,20,22);2*1H. The summed E-state index contributed by atoms with van der Waals surface area (Å²) in [6.45, 7) is 2.16. The van der Waals surface area contributed by atoms with Crippen molar-refractivity contribution in [3.63, 3.8) is 0 Å². The van der Waals surface area contributed by atoms with E-state index in [4.69, 9.17) is 4.74 Å². The van der Waals surface area contributed by atoms with Gasteiger partial charge in [-0.15, -0.1) is 24.8 Å². The highest BCUT2D eigenvalue weighted by atomic mass is 35.5. The average Bonchev–Trinajstić information content (AvgIpc) is 3.10. The van der Waals surface area contributed by atoms with Gasteiger partial charge in [-0.2, -0.15) is 0 Å². The van der Waals surface area contributed by atoms with Crippen molar-refractivity contribution in [2.45, 2.75) is 44.2 Å². The van der Waals surface area contributed by atoms with Gasteiger partial charge in [0, 0.05) is 32.1 Å². The fraction of sp³-hybridized carbons (Fsp3) is 0.611. The number of benzene rings is 1. The first-order chi connectivity index (χ1) is 11.2. The molecule has 0 spiro atoms. The maximum Gasteiger partial charge on any atom is 0.226 e. The van der Waals surface area contributed by atoms with Crippen molar-refractivity contribution in [3.05, 3.63) is 24.3 Å². The van der Waals surface area contributed by atoms with E-state index < -0.39 is 0 Å². The molecule has 1 saturated heterocycles. The summed E-state index contributed by atoms with van der Waals surface area (Å²) in [4.78, 5) is 14.7. The first kappa shape index (κ1) is 22.0. The van der Waals surface area contributed by atoms with E-state index in [2.05, 4.69) is 28.6 Å². The monoisotopic (exact) mass is 389 g/mol. The molecule has 2 aliphatic rings. The molecule has 0 aromatic heterocycles. The largest absolute Gasteiger partial charge is 0.378 e. The number of rotatable bonds is 5. The lowest BCUT2D eigenvalue weighted by atomic mass is 10.1. The van der Waals surface area contributed by atoms with Crippen LogP contribution in [-0.2, 0) is 9.53 Å².